The summed E-state index contributed by atoms with van der Waals surface area (Å²) in [5.41, 5.74) is 2.62. The van der Waals surface area contributed by atoms with Crippen LogP contribution in [0.2, 0.25) is 0 Å². The highest BCUT2D eigenvalue weighted by molar-refractivity contribution is 7.99. The summed E-state index contributed by atoms with van der Waals surface area (Å²) in [4.78, 5) is 0. The number of aryl methyl sites for hydroxylation is 1. The molecule has 1 aromatic heterocycles. The normalized spacial score (nSPS) is 22.5. The third-order valence-electron chi connectivity index (χ3n) is 3.65. The van der Waals surface area contributed by atoms with Crippen molar-refractivity contribution in [2.24, 2.45) is 11.1 Å². The summed E-state index contributed by atoms with van der Waals surface area (Å²) in [6.07, 6.45) is 3.67. The number of thioether (sulfide) groups is 1. The molecule has 2 atom stereocenters. The highest BCUT2D eigenvalue weighted by atomic mass is 32.2. The van der Waals surface area contributed by atoms with Crippen LogP contribution in [0.1, 0.15) is 50.6 Å². The van der Waals surface area contributed by atoms with Crippen molar-refractivity contribution in [1.29, 1.82) is 0 Å². The number of rotatable bonds is 5. The highest BCUT2D eigenvalue weighted by Gasteiger charge is 2.31. The van der Waals surface area contributed by atoms with Crippen LogP contribution in [0.5, 0.6) is 0 Å². The molecular weight excluding hydrogens is 260 g/mol. The summed E-state index contributed by atoms with van der Waals surface area (Å²) in [6.45, 7) is 6.49. The molecule has 0 aromatic carbocycles. The Balaban J connectivity index is 2.14. The second kappa shape index (κ2) is 6.46. The number of hydrogen-bond acceptors (Lipinski definition) is 5. The molecule has 1 aromatic rings. The maximum Gasteiger partial charge on any atom is 0.146 e. The van der Waals surface area contributed by atoms with Crippen molar-refractivity contribution in [3.63, 3.8) is 0 Å². The molecule has 0 bridgehead atoms. The summed E-state index contributed by atoms with van der Waals surface area (Å²) < 4.78 is 5.43. The van der Waals surface area contributed by atoms with Gasteiger partial charge < -0.3 is 9.73 Å². The van der Waals surface area contributed by atoms with Crippen LogP contribution in [0.3, 0.4) is 0 Å². The molecule has 1 aliphatic carbocycles. The van der Waals surface area contributed by atoms with Crippen molar-refractivity contribution in [2.45, 2.75) is 51.7 Å². The first-order valence-electron chi connectivity index (χ1n) is 6.99. The van der Waals surface area contributed by atoms with E-state index in [0.29, 0.717) is 11.2 Å². The maximum atomic E-state index is 9.24. The minimum atomic E-state index is 0.491. The lowest BCUT2D eigenvalue weighted by molar-refractivity contribution is 0.310. The largest absolute Gasteiger partial charge is 0.411 e. The molecule has 2 rings (SSSR count). The predicted octanol–water partition coefficient (Wildman–Crippen LogP) is 3.51. The average Bonchev–Trinajstić information content (AvgIpc) is 2.81. The minimum Gasteiger partial charge on any atom is -0.411 e. The quantitative estimate of drug-likeness (QED) is 0.663. The van der Waals surface area contributed by atoms with E-state index in [2.05, 4.69) is 24.2 Å². The first-order valence-corrected chi connectivity index (χ1v) is 8.04. The summed E-state index contributed by atoms with van der Waals surface area (Å²) in [7, 11) is 0. The molecule has 0 aliphatic heterocycles. The molecule has 1 aliphatic rings. The Morgan fingerprint density at radius 1 is 1.47 bits per heavy atom. The summed E-state index contributed by atoms with van der Waals surface area (Å²) >= 11 is 1.98. The fourth-order valence-corrected chi connectivity index (χ4v) is 3.84. The zero-order valence-corrected chi connectivity index (χ0v) is 12.7. The lowest BCUT2D eigenvalue weighted by atomic mass is 9.83. The van der Waals surface area contributed by atoms with Gasteiger partial charge in [0.2, 0.25) is 0 Å². The molecule has 1 heterocycles. The van der Waals surface area contributed by atoms with E-state index in [9.17, 15) is 5.21 Å². The molecule has 0 saturated carbocycles. The van der Waals surface area contributed by atoms with Crippen LogP contribution >= 0.6 is 11.8 Å². The van der Waals surface area contributed by atoms with Crippen molar-refractivity contribution in [1.82, 2.24) is 5.16 Å². The molecule has 106 valence electrons. The average molecular weight is 282 g/mol. The Morgan fingerprint density at radius 3 is 2.89 bits per heavy atom. The van der Waals surface area contributed by atoms with Gasteiger partial charge in [-0.05, 0) is 30.9 Å². The second-order valence-corrected chi connectivity index (χ2v) is 6.82. The molecule has 0 radical (unpaired) electrons. The number of aromatic nitrogens is 1. The molecule has 0 saturated heterocycles. The van der Waals surface area contributed by atoms with Gasteiger partial charge in [-0.3, -0.25) is 0 Å². The fourth-order valence-electron chi connectivity index (χ4n) is 2.86. The van der Waals surface area contributed by atoms with Crippen LogP contribution in [0.25, 0.3) is 0 Å². The monoisotopic (exact) mass is 282 g/mol. The Labute approximate surface area is 118 Å². The van der Waals surface area contributed by atoms with E-state index in [1.54, 1.807) is 0 Å². The molecule has 5 heteroatoms. The van der Waals surface area contributed by atoms with Crippen molar-refractivity contribution in [3.05, 3.63) is 17.0 Å². The van der Waals surface area contributed by atoms with E-state index in [4.69, 9.17) is 4.52 Å². The van der Waals surface area contributed by atoms with Crippen LogP contribution < -0.4 is 0 Å². The Morgan fingerprint density at radius 2 is 2.26 bits per heavy atom. The van der Waals surface area contributed by atoms with Gasteiger partial charge in [-0.25, -0.2) is 0 Å². The van der Waals surface area contributed by atoms with E-state index in [-0.39, 0.29) is 0 Å². The molecular formula is C14H22N2O2S. The molecule has 0 spiro atoms. The van der Waals surface area contributed by atoms with Crippen LogP contribution in [0.4, 0.5) is 0 Å². The zero-order chi connectivity index (χ0) is 13.8. The molecule has 4 nitrogen and oxygen atoms in total. The number of hydrogen-bond donors (Lipinski definition) is 1. The van der Waals surface area contributed by atoms with Gasteiger partial charge in [-0.1, -0.05) is 31.1 Å². The van der Waals surface area contributed by atoms with Gasteiger partial charge in [-0.15, -0.1) is 0 Å². The predicted molar refractivity (Wildman–Crippen MR) is 78.2 cm³/mol. The Bertz CT molecular complexity index is 456. The fraction of sp³-hybridized carbons (Fsp3) is 0.714. The highest BCUT2D eigenvalue weighted by Crippen LogP contribution is 2.33. The van der Waals surface area contributed by atoms with Crippen LogP contribution in [-0.4, -0.2) is 27.1 Å². The number of oxime groups is 1. The zero-order valence-electron chi connectivity index (χ0n) is 11.8. The van der Waals surface area contributed by atoms with E-state index in [0.717, 1.165) is 54.2 Å². The van der Waals surface area contributed by atoms with Gasteiger partial charge in [0.05, 0.1) is 17.0 Å². The van der Waals surface area contributed by atoms with Crippen LogP contribution in [0, 0.1) is 5.92 Å². The number of nitrogens with zero attached hydrogens (tertiary/aromatic N) is 2. The lowest BCUT2D eigenvalue weighted by Gasteiger charge is -2.24. The van der Waals surface area contributed by atoms with E-state index in [1.165, 1.54) is 0 Å². The Hall–Kier alpha value is -0.970. The van der Waals surface area contributed by atoms with Gasteiger partial charge in [0, 0.05) is 11.7 Å². The molecule has 19 heavy (non-hydrogen) atoms. The van der Waals surface area contributed by atoms with Crippen molar-refractivity contribution in [3.8, 4) is 0 Å². The molecule has 0 amide bonds. The van der Waals surface area contributed by atoms with Gasteiger partial charge in [-0.2, -0.15) is 11.8 Å². The van der Waals surface area contributed by atoms with Crippen molar-refractivity contribution >= 4 is 17.5 Å². The maximum absolute atomic E-state index is 9.24. The summed E-state index contributed by atoms with van der Waals surface area (Å²) in [5.74, 6) is 2.53. The van der Waals surface area contributed by atoms with E-state index in [1.807, 2.05) is 18.7 Å². The van der Waals surface area contributed by atoms with Crippen molar-refractivity contribution in [2.75, 3.05) is 5.75 Å². The van der Waals surface area contributed by atoms with Gasteiger partial charge >= 0.3 is 0 Å². The van der Waals surface area contributed by atoms with E-state index >= 15 is 0 Å². The second-order valence-electron chi connectivity index (χ2n) is 5.10. The number of fused-ring (bicyclic) bond motifs is 1. The van der Waals surface area contributed by atoms with Gasteiger partial charge in [0.25, 0.3) is 0 Å². The first-order chi connectivity index (χ1) is 9.19. The SMILES string of the molecule is CCS[C@@H](C)C[C@H]1C/C(=N\O)c2c(CC)noc2C1. The Kier molecular flexibility index (Phi) is 4.91. The van der Waals surface area contributed by atoms with Crippen molar-refractivity contribution < 1.29 is 9.73 Å². The third-order valence-corrected chi connectivity index (χ3v) is 4.74. The minimum absolute atomic E-state index is 0.491. The first kappa shape index (κ1) is 14.4. The lowest BCUT2D eigenvalue weighted by Crippen LogP contribution is -2.23. The standard InChI is InChI=1S/C14H22N2O2S/c1-4-11-14-12(15-17)7-10(6-9(3)19-5-2)8-13(14)18-16-11/h9-10,17H,4-8H2,1-3H3/b15-12+/t9-,10-/m0/s1. The molecule has 0 fully saturated rings. The summed E-state index contributed by atoms with van der Waals surface area (Å²) in [6, 6.07) is 0. The molecule has 1 N–H and O–H groups in total. The third kappa shape index (κ3) is 3.14. The molecule has 0 unspecified atom stereocenters. The topological polar surface area (TPSA) is 58.6 Å². The van der Waals surface area contributed by atoms with Crippen LogP contribution in [0.15, 0.2) is 9.68 Å². The van der Waals surface area contributed by atoms with E-state index < -0.39 is 0 Å². The van der Waals surface area contributed by atoms with Gasteiger partial charge in [0.15, 0.2) is 0 Å². The smallest absolute Gasteiger partial charge is 0.146 e. The summed E-state index contributed by atoms with van der Waals surface area (Å²) in [5, 5.41) is 17.4. The van der Waals surface area contributed by atoms with Crippen LogP contribution in [-0.2, 0) is 12.8 Å². The van der Waals surface area contributed by atoms with Gasteiger partial charge in [0.1, 0.15) is 5.76 Å².